The number of aromatic amines is 2. The van der Waals surface area contributed by atoms with E-state index >= 15 is 0 Å². The van der Waals surface area contributed by atoms with E-state index in [1.54, 1.807) is 18.3 Å². The van der Waals surface area contributed by atoms with Crippen LogP contribution in [0.25, 0.3) is 11.4 Å². The maximum Gasteiger partial charge on any atom is 0.251 e. The van der Waals surface area contributed by atoms with Crippen LogP contribution in [0.4, 0.5) is 5.95 Å². The molecule has 0 saturated heterocycles. The lowest BCUT2D eigenvalue weighted by atomic mass is 10.1. The summed E-state index contributed by atoms with van der Waals surface area (Å²) in [5.41, 5.74) is 2.46. The number of anilines is 1. The van der Waals surface area contributed by atoms with Gasteiger partial charge in [0.2, 0.25) is 5.95 Å². The standard InChI is InChI=1S/C16H19N7O/c1-23(2)16-20-14(21-22-16)12-4-3-5-13(8-12)15(24)17-7-6-11-9-18-19-10-11/h3-5,8-10H,6-7H2,1-2H3,(H,17,24)(H,18,19)(H,20,21,22). The molecule has 0 fully saturated rings. The van der Waals surface area contributed by atoms with Crippen molar-refractivity contribution in [3.63, 3.8) is 0 Å². The molecule has 124 valence electrons. The van der Waals surface area contributed by atoms with Crippen molar-refractivity contribution in [3.05, 3.63) is 47.8 Å². The fourth-order valence-corrected chi connectivity index (χ4v) is 2.23. The molecule has 0 aliphatic rings. The van der Waals surface area contributed by atoms with Crippen molar-refractivity contribution in [2.24, 2.45) is 0 Å². The smallest absolute Gasteiger partial charge is 0.251 e. The van der Waals surface area contributed by atoms with Crippen molar-refractivity contribution in [1.82, 2.24) is 30.7 Å². The summed E-state index contributed by atoms with van der Waals surface area (Å²) in [6, 6.07) is 7.30. The lowest BCUT2D eigenvalue weighted by molar-refractivity contribution is 0.0954. The van der Waals surface area contributed by atoms with E-state index in [-0.39, 0.29) is 5.91 Å². The van der Waals surface area contributed by atoms with Crippen LogP contribution in [0, 0.1) is 0 Å². The number of aromatic nitrogens is 5. The number of amides is 1. The number of benzene rings is 1. The van der Waals surface area contributed by atoms with Crippen LogP contribution in [0.15, 0.2) is 36.7 Å². The van der Waals surface area contributed by atoms with Gasteiger partial charge >= 0.3 is 0 Å². The zero-order valence-corrected chi connectivity index (χ0v) is 13.6. The number of carbonyl (C=O) groups excluding carboxylic acids is 1. The van der Waals surface area contributed by atoms with Crippen LogP contribution in [0.3, 0.4) is 0 Å². The van der Waals surface area contributed by atoms with Crippen LogP contribution in [-0.4, -0.2) is 51.9 Å². The lowest BCUT2D eigenvalue weighted by Gasteiger charge is -2.06. The van der Waals surface area contributed by atoms with Crippen molar-refractivity contribution >= 4 is 11.9 Å². The molecule has 8 nitrogen and oxygen atoms in total. The Balaban J connectivity index is 1.66. The SMILES string of the molecule is CN(C)c1n[nH]c(-c2cccc(C(=O)NCCc3cn[nH]c3)c2)n1. The number of nitrogens with one attached hydrogen (secondary N) is 3. The van der Waals surface area contributed by atoms with Crippen molar-refractivity contribution in [2.75, 3.05) is 25.5 Å². The van der Waals surface area contributed by atoms with Gasteiger partial charge in [-0.2, -0.15) is 10.1 Å². The van der Waals surface area contributed by atoms with Gasteiger partial charge in [-0.15, -0.1) is 5.10 Å². The highest BCUT2D eigenvalue weighted by Gasteiger charge is 2.10. The van der Waals surface area contributed by atoms with Crippen molar-refractivity contribution in [2.45, 2.75) is 6.42 Å². The first kappa shape index (κ1) is 15.7. The largest absolute Gasteiger partial charge is 0.352 e. The van der Waals surface area contributed by atoms with E-state index < -0.39 is 0 Å². The minimum Gasteiger partial charge on any atom is -0.352 e. The zero-order valence-electron chi connectivity index (χ0n) is 13.6. The lowest BCUT2D eigenvalue weighted by Crippen LogP contribution is -2.25. The molecule has 0 saturated carbocycles. The predicted molar refractivity (Wildman–Crippen MR) is 90.8 cm³/mol. The Morgan fingerprint density at radius 1 is 1.33 bits per heavy atom. The summed E-state index contributed by atoms with van der Waals surface area (Å²) >= 11 is 0. The summed E-state index contributed by atoms with van der Waals surface area (Å²) in [6.07, 6.45) is 4.30. The minimum atomic E-state index is -0.118. The van der Waals surface area contributed by atoms with Gasteiger partial charge in [-0.1, -0.05) is 12.1 Å². The molecule has 3 aromatic rings. The molecule has 0 atom stereocenters. The first-order valence-corrected chi connectivity index (χ1v) is 7.59. The second-order valence-electron chi connectivity index (χ2n) is 5.57. The van der Waals surface area contributed by atoms with Crippen LogP contribution in [-0.2, 0) is 6.42 Å². The number of H-pyrrole nitrogens is 2. The molecular weight excluding hydrogens is 306 g/mol. The first-order valence-electron chi connectivity index (χ1n) is 7.59. The van der Waals surface area contributed by atoms with Gasteiger partial charge in [0.15, 0.2) is 5.82 Å². The molecule has 0 radical (unpaired) electrons. The third kappa shape index (κ3) is 3.60. The molecule has 24 heavy (non-hydrogen) atoms. The zero-order chi connectivity index (χ0) is 16.9. The van der Waals surface area contributed by atoms with E-state index in [2.05, 4.69) is 30.7 Å². The maximum absolute atomic E-state index is 12.3. The molecule has 0 aliphatic carbocycles. The van der Waals surface area contributed by atoms with Gasteiger partial charge < -0.3 is 10.2 Å². The van der Waals surface area contributed by atoms with Gasteiger partial charge in [0.25, 0.3) is 5.91 Å². The Kier molecular flexibility index (Phi) is 4.55. The second-order valence-corrected chi connectivity index (χ2v) is 5.57. The molecule has 1 amide bonds. The molecule has 2 aromatic heterocycles. The number of hydrogen-bond acceptors (Lipinski definition) is 5. The van der Waals surface area contributed by atoms with E-state index in [1.165, 1.54) is 0 Å². The van der Waals surface area contributed by atoms with Crippen LogP contribution >= 0.6 is 0 Å². The first-order chi connectivity index (χ1) is 11.6. The topological polar surface area (TPSA) is 103 Å². The molecular formula is C16H19N7O. The summed E-state index contributed by atoms with van der Waals surface area (Å²) in [6.45, 7) is 0.551. The van der Waals surface area contributed by atoms with Crippen molar-refractivity contribution < 1.29 is 4.79 Å². The molecule has 1 aromatic carbocycles. The third-order valence-electron chi connectivity index (χ3n) is 3.53. The Hall–Kier alpha value is -3.16. The molecule has 3 N–H and O–H groups in total. The Morgan fingerprint density at radius 2 is 2.21 bits per heavy atom. The van der Waals surface area contributed by atoms with Gasteiger partial charge in [0, 0.05) is 38.0 Å². The van der Waals surface area contributed by atoms with Crippen LogP contribution in [0.2, 0.25) is 0 Å². The molecule has 0 unspecified atom stereocenters. The van der Waals surface area contributed by atoms with Gasteiger partial charge in [0.1, 0.15) is 0 Å². The summed E-state index contributed by atoms with van der Waals surface area (Å²) in [4.78, 5) is 18.5. The monoisotopic (exact) mass is 325 g/mol. The maximum atomic E-state index is 12.3. The minimum absolute atomic E-state index is 0.118. The van der Waals surface area contributed by atoms with E-state index in [4.69, 9.17) is 0 Å². The number of rotatable bonds is 6. The fraction of sp³-hybridized carbons (Fsp3) is 0.250. The highest BCUT2D eigenvalue weighted by atomic mass is 16.1. The highest BCUT2D eigenvalue weighted by Crippen LogP contribution is 2.18. The summed E-state index contributed by atoms with van der Waals surface area (Å²) < 4.78 is 0. The number of nitrogens with zero attached hydrogens (tertiary/aromatic N) is 4. The summed E-state index contributed by atoms with van der Waals surface area (Å²) in [5, 5.41) is 16.5. The van der Waals surface area contributed by atoms with Gasteiger partial charge in [-0.3, -0.25) is 15.0 Å². The van der Waals surface area contributed by atoms with Crippen LogP contribution < -0.4 is 10.2 Å². The van der Waals surface area contributed by atoms with E-state index in [0.29, 0.717) is 23.9 Å². The molecule has 2 heterocycles. The van der Waals surface area contributed by atoms with E-state index in [9.17, 15) is 4.79 Å². The van der Waals surface area contributed by atoms with Gasteiger partial charge in [0.05, 0.1) is 6.20 Å². The highest BCUT2D eigenvalue weighted by molar-refractivity contribution is 5.95. The average molecular weight is 325 g/mol. The van der Waals surface area contributed by atoms with Crippen molar-refractivity contribution in [3.8, 4) is 11.4 Å². The Bertz CT molecular complexity index is 807. The average Bonchev–Trinajstić information content (AvgIpc) is 3.26. The van der Waals surface area contributed by atoms with Crippen LogP contribution in [0.1, 0.15) is 15.9 Å². The Labute approximate surface area is 139 Å². The summed E-state index contributed by atoms with van der Waals surface area (Å²) in [5.74, 6) is 1.11. The third-order valence-corrected chi connectivity index (χ3v) is 3.53. The molecule has 8 heteroatoms. The van der Waals surface area contributed by atoms with Crippen molar-refractivity contribution in [1.29, 1.82) is 0 Å². The van der Waals surface area contributed by atoms with Gasteiger partial charge in [-0.25, -0.2) is 0 Å². The fourth-order valence-electron chi connectivity index (χ4n) is 2.23. The van der Waals surface area contributed by atoms with E-state index in [1.807, 2.05) is 37.3 Å². The Morgan fingerprint density at radius 3 is 2.92 bits per heavy atom. The number of hydrogen-bond donors (Lipinski definition) is 3. The number of carbonyl (C=O) groups is 1. The predicted octanol–water partition coefficient (Wildman–Crippen LogP) is 1.23. The quantitative estimate of drug-likeness (QED) is 0.632. The normalized spacial score (nSPS) is 10.6. The van der Waals surface area contributed by atoms with Crippen LogP contribution in [0.5, 0.6) is 0 Å². The second kappa shape index (κ2) is 6.95. The molecule has 0 bridgehead atoms. The molecule has 0 aliphatic heterocycles. The van der Waals surface area contributed by atoms with Gasteiger partial charge in [-0.05, 0) is 24.1 Å². The molecule has 3 rings (SSSR count). The molecule has 0 spiro atoms. The van der Waals surface area contributed by atoms with E-state index in [0.717, 1.165) is 17.5 Å². The summed E-state index contributed by atoms with van der Waals surface area (Å²) in [7, 11) is 3.74.